The molecular weight excluding hydrogens is 457 g/mol. The molecule has 2 aromatic carbocycles. The van der Waals surface area contributed by atoms with Crippen LogP contribution in [0.2, 0.25) is 0 Å². The zero-order chi connectivity index (χ0) is 21.7. The Hall–Kier alpha value is -3.46. The second kappa shape index (κ2) is 9.36. The number of furan rings is 1. The maximum Gasteiger partial charge on any atom is 0.259 e. The summed E-state index contributed by atoms with van der Waals surface area (Å²) in [5, 5.41) is 7.50. The number of rotatable bonds is 6. The summed E-state index contributed by atoms with van der Waals surface area (Å²) in [6, 6.07) is 12.0. The average Bonchev–Trinajstić information content (AvgIpc) is 3.14. The number of halogens is 2. The lowest BCUT2D eigenvalue weighted by molar-refractivity contribution is -0.115. The topological polar surface area (TPSA) is 100 Å². The van der Waals surface area contributed by atoms with Gasteiger partial charge in [0.25, 0.3) is 11.8 Å². The number of aryl methyl sites for hydroxylation is 1. The SMILES string of the molecule is Cc1occc1C(=O)Nc1cc(NC(=O)CNC(=O)c2cccc(Br)c2)ccc1F. The van der Waals surface area contributed by atoms with Gasteiger partial charge in [0.05, 0.1) is 24.1 Å². The van der Waals surface area contributed by atoms with Crippen molar-refractivity contribution in [3.05, 3.63) is 82.0 Å². The minimum atomic E-state index is -0.662. The fourth-order valence-electron chi connectivity index (χ4n) is 2.61. The molecule has 3 amide bonds. The lowest BCUT2D eigenvalue weighted by Gasteiger charge is -2.10. The van der Waals surface area contributed by atoms with Gasteiger partial charge in [-0.25, -0.2) is 4.39 Å². The molecule has 0 aliphatic carbocycles. The van der Waals surface area contributed by atoms with E-state index in [9.17, 15) is 18.8 Å². The highest BCUT2D eigenvalue weighted by atomic mass is 79.9. The van der Waals surface area contributed by atoms with Crippen molar-refractivity contribution in [3.63, 3.8) is 0 Å². The summed E-state index contributed by atoms with van der Waals surface area (Å²) in [5.74, 6) is -1.71. The molecule has 3 rings (SSSR count). The van der Waals surface area contributed by atoms with Crippen LogP contribution in [0.25, 0.3) is 0 Å². The highest BCUT2D eigenvalue weighted by molar-refractivity contribution is 9.10. The van der Waals surface area contributed by atoms with Crippen molar-refractivity contribution >= 4 is 45.0 Å². The number of amides is 3. The molecule has 0 saturated heterocycles. The first-order valence-corrected chi connectivity index (χ1v) is 9.61. The highest BCUT2D eigenvalue weighted by Gasteiger charge is 2.15. The number of nitrogens with one attached hydrogen (secondary N) is 3. The number of hydrogen-bond acceptors (Lipinski definition) is 4. The molecule has 0 radical (unpaired) electrons. The van der Waals surface area contributed by atoms with Crippen LogP contribution >= 0.6 is 15.9 Å². The molecule has 0 atom stereocenters. The van der Waals surface area contributed by atoms with Crippen molar-refractivity contribution < 1.29 is 23.2 Å². The zero-order valence-electron chi connectivity index (χ0n) is 15.8. The molecule has 30 heavy (non-hydrogen) atoms. The average molecular weight is 474 g/mol. The standard InChI is InChI=1S/C21H17BrFN3O4/c1-12-16(7-8-30-12)21(29)26-18-10-15(5-6-17(18)23)25-19(27)11-24-20(28)13-3-2-4-14(22)9-13/h2-10H,11H2,1H3,(H,24,28)(H,25,27)(H,26,29). The van der Waals surface area contributed by atoms with Crippen molar-refractivity contribution in [2.24, 2.45) is 0 Å². The third kappa shape index (κ3) is 5.32. The van der Waals surface area contributed by atoms with Crippen LogP contribution in [0.5, 0.6) is 0 Å². The number of benzene rings is 2. The molecule has 1 heterocycles. The number of hydrogen-bond donors (Lipinski definition) is 3. The first-order valence-electron chi connectivity index (χ1n) is 8.82. The first kappa shape index (κ1) is 21.3. The van der Waals surface area contributed by atoms with E-state index in [1.807, 2.05) is 0 Å². The van der Waals surface area contributed by atoms with Crippen LogP contribution in [-0.2, 0) is 4.79 Å². The van der Waals surface area contributed by atoms with Gasteiger partial charge in [0.2, 0.25) is 5.91 Å². The molecule has 7 nitrogen and oxygen atoms in total. The monoisotopic (exact) mass is 473 g/mol. The van der Waals surface area contributed by atoms with E-state index < -0.39 is 23.5 Å². The second-order valence-corrected chi connectivity index (χ2v) is 7.20. The van der Waals surface area contributed by atoms with E-state index >= 15 is 0 Å². The summed E-state index contributed by atoms with van der Waals surface area (Å²) in [6.07, 6.45) is 1.36. The molecule has 0 aliphatic rings. The van der Waals surface area contributed by atoms with Gasteiger partial charge in [-0.1, -0.05) is 22.0 Å². The van der Waals surface area contributed by atoms with E-state index in [4.69, 9.17) is 4.42 Å². The Morgan fingerprint density at radius 1 is 1.03 bits per heavy atom. The maximum absolute atomic E-state index is 14.1. The van der Waals surface area contributed by atoms with Gasteiger partial charge in [-0.2, -0.15) is 0 Å². The predicted molar refractivity (Wildman–Crippen MR) is 113 cm³/mol. The van der Waals surface area contributed by atoms with Crippen molar-refractivity contribution in [3.8, 4) is 0 Å². The van der Waals surface area contributed by atoms with E-state index in [1.54, 1.807) is 31.2 Å². The van der Waals surface area contributed by atoms with Crippen LogP contribution in [0.4, 0.5) is 15.8 Å². The minimum Gasteiger partial charge on any atom is -0.469 e. The fraction of sp³-hybridized carbons (Fsp3) is 0.0952. The van der Waals surface area contributed by atoms with Gasteiger partial charge in [-0.3, -0.25) is 14.4 Å². The van der Waals surface area contributed by atoms with Crippen LogP contribution in [0, 0.1) is 12.7 Å². The smallest absolute Gasteiger partial charge is 0.259 e. The lowest BCUT2D eigenvalue weighted by Crippen LogP contribution is -2.32. The molecule has 0 spiro atoms. The van der Waals surface area contributed by atoms with Crippen LogP contribution in [0.1, 0.15) is 26.5 Å². The molecular formula is C21H17BrFN3O4. The molecule has 154 valence electrons. The van der Waals surface area contributed by atoms with Crippen LogP contribution in [0.15, 0.2) is 63.7 Å². The lowest BCUT2D eigenvalue weighted by atomic mass is 10.2. The number of carbonyl (C=O) groups excluding carboxylic acids is 3. The highest BCUT2D eigenvalue weighted by Crippen LogP contribution is 2.21. The third-order valence-electron chi connectivity index (χ3n) is 4.10. The molecule has 1 aromatic heterocycles. The molecule has 0 saturated carbocycles. The van der Waals surface area contributed by atoms with Crippen molar-refractivity contribution in [2.45, 2.75) is 6.92 Å². The Labute approximate surface area is 179 Å². The molecule has 0 fully saturated rings. The summed E-state index contributed by atoms with van der Waals surface area (Å²) in [5.41, 5.74) is 0.839. The van der Waals surface area contributed by atoms with Gasteiger partial charge >= 0.3 is 0 Å². The van der Waals surface area contributed by atoms with E-state index in [2.05, 4.69) is 31.9 Å². The molecule has 9 heteroatoms. The predicted octanol–water partition coefficient (Wildman–Crippen LogP) is 4.11. The van der Waals surface area contributed by atoms with Gasteiger partial charge in [0.15, 0.2) is 0 Å². The van der Waals surface area contributed by atoms with Crippen molar-refractivity contribution in [1.82, 2.24) is 5.32 Å². The minimum absolute atomic E-state index is 0.100. The number of carbonyl (C=O) groups is 3. The first-order chi connectivity index (χ1) is 14.3. The third-order valence-corrected chi connectivity index (χ3v) is 4.59. The van der Waals surface area contributed by atoms with E-state index in [0.29, 0.717) is 11.3 Å². The van der Waals surface area contributed by atoms with E-state index in [0.717, 1.165) is 10.5 Å². The van der Waals surface area contributed by atoms with Crippen molar-refractivity contribution in [2.75, 3.05) is 17.2 Å². The number of anilines is 2. The molecule has 0 unspecified atom stereocenters. The molecule has 3 N–H and O–H groups in total. The normalized spacial score (nSPS) is 10.4. The molecule has 0 bridgehead atoms. The Morgan fingerprint density at radius 2 is 1.83 bits per heavy atom. The largest absolute Gasteiger partial charge is 0.469 e. The van der Waals surface area contributed by atoms with Gasteiger partial charge in [-0.05, 0) is 49.4 Å². The van der Waals surface area contributed by atoms with Gasteiger partial charge in [-0.15, -0.1) is 0 Å². The summed E-state index contributed by atoms with van der Waals surface area (Å²) in [6.45, 7) is 1.34. The van der Waals surface area contributed by atoms with Crippen LogP contribution in [-0.4, -0.2) is 24.3 Å². The zero-order valence-corrected chi connectivity index (χ0v) is 17.4. The summed E-state index contributed by atoms with van der Waals surface area (Å²) < 4.78 is 19.9. The molecule has 0 aliphatic heterocycles. The quantitative estimate of drug-likeness (QED) is 0.501. The maximum atomic E-state index is 14.1. The second-order valence-electron chi connectivity index (χ2n) is 6.28. The Bertz CT molecular complexity index is 1110. The van der Waals surface area contributed by atoms with Crippen LogP contribution in [0.3, 0.4) is 0 Å². The van der Waals surface area contributed by atoms with Gasteiger partial charge in [0.1, 0.15) is 11.6 Å². The summed E-state index contributed by atoms with van der Waals surface area (Å²) in [7, 11) is 0. The summed E-state index contributed by atoms with van der Waals surface area (Å²) >= 11 is 3.28. The van der Waals surface area contributed by atoms with E-state index in [-0.39, 0.29) is 23.5 Å². The summed E-state index contributed by atoms with van der Waals surface area (Å²) in [4.78, 5) is 36.5. The van der Waals surface area contributed by atoms with E-state index in [1.165, 1.54) is 24.5 Å². The Kier molecular flexibility index (Phi) is 6.63. The molecule has 3 aromatic rings. The van der Waals surface area contributed by atoms with Crippen molar-refractivity contribution in [1.29, 1.82) is 0 Å². The van der Waals surface area contributed by atoms with Crippen LogP contribution < -0.4 is 16.0 Å². The Morgan fingerprint density at radius 3 is 2.53 bits per heavy atom. The van der Waals surface area contributed by atoms with Gasteiger partial charge < -0.3 is 20.4 Å². The van der Waals surface area contributed by atoms with Gasteiger partial charge in [0, 0.05) is 15.7 Å². The Balaban J connectivity index is 1.60. The fourth-order valence-corrected chi connectivity index (χ4v) is 3.01.